The van der Waals surface area contributed by atoms with Crippen molar-refractivity contribution in [2.24, 2.45) is 5.73 Å². The second-order valence-corrected chi connectivity index (χ2v) is 6.37. The van der Waals surface area contributed by atoms with Gasteiger partial charge >= 0.3 is 0 Å². The summed E-state index contributed by atoms with van der Waals surface area (Å²) in [6.07, 6.45) is 0. The summed E-state index contributed by atoms with van der Waals surface area (Å²) in [4.78, 5) is 23.9. The molecule has 126 valence electrons. The van der Waals surface area contributed by atoms with Gasteiger partial charge < -0.3 is 15.8 Å². The minimum atomic E-state index is -0.539. The van der Waals surface area contributed by atoms with Crippen molar-refractivity contribution in [1.29, 1.82) is 0 Å². The maximum atomic E-state index is 12.0. The topological polar surface area (TPSA) is 81.4 Å². The third-order valence-corrected chi connectivity index (χ3v) is 4.19. The molecule has 3 N–H and O–H groups in total. The number of amides is 2. The van der Waals surface area contributed by atoms with Gasteiger partial charge in [0.2, 0.25) is 0 Å². The van der Waals surface area contributed by atoms with Crippen molar-refractivity contribution in [2.75, 3.05) is 18.9 Å². The van der Waals surface area contributed by atoms with Crippen molar-refractivity contribution in [3.63, 3.8) is 0 Å². The van der Waals surface area contributed by atoms with Crippen LogP contribution in [-0.2, 0) is 4.79 Å². The van der Waals surface area contributed by atoms with Gasteiger partial charge in [0.05, 0.1) is 0 Å². The molecule has 2 rings (SSSR count). The number of carbonyl (C=O) groups excluding carboxylic acids is 2. The van der Waals surface area contributed by atoms with E-state index in [0.29, 0.717) is 17.9 Å². The Morgan fingerprint density at radius 1 is 1.08 bits per heavy atom. The van der Waals surface area contributed by atoms with Gasteiger partial charge in [0.25, 0.3) is 11.8 Å². The van der Waals surface area contributed by atoms with Gasteiger partial charge in [-0.1, -0.05) is 17.7 Å². The molecule has 0 fully saturated rings. The van der Waals surface area contributed by atoms with E-state index < -0.39 is 5.91 Å². The molecule has 0 aliphatic heterocycles. The number of rotatable bonds is 8. The number of aryl methyl sites for hydroxylation is 1. The molecule has 2 amide bonds. The summed E-state index contributed by atoms with van der Waals surface area (Å²) in [7, 11) is 0. The standard InChI is InChI=1S/C18H20N2O3S/c1-13-2-8-16(9-3-13)24-11-10-20-18(22)14-4-6-15(7-5-14)23-12-17(19)21/h2-9H,10-12H2,1H3,(H2,19,21)(H,20,22). The van der Waals surface area contributed by atoms with Crippen LogP contribution in [0.5, 0.6) is 5.75 Å². The molecule has 0 saturated carbocycles. The van der Waals surface area contributed by atoms with Crippen molar-refractivity contribution in [3.8, 4) is 5.75 Å². The van der Waals surface area contributed by atoms with E-state index in [1.165, 1.54) is 10.5 Å². The fourth-order valence-electron chi connectivity index (χ4n) is 1.93. The SMILES string of the molecule is Cc1ccc(SCCNC(=O)c2ccc(OCC(N)=O)cc2)cc1. The minimum absolute atomic E-state index is 0.138. The second kappa shape index (κ2) is 8.98. The fourth-order valence-corrected chi connectivity index (χ4v) is 2.70. The van der Waals surface area contributed by atoms with E-state index in [-0.39, 0.29) is 12.5 Å². The summed E-state index contributed by atoms with van der Waals surface area (Å²) in [5.74, 6) is 0.623. The summed E-state index contributed by atoms with van der Waals surface area (Å²) in [6, 6.07) is 14.9. The molecule has 0 aliphatic carbocycles. The van der Waals surface area contributed by atoms with Crippen LogP contribution in [-0.4, -0.2) is 30.7 Å². The van der Waals surface area contributed by atoms with Crippen molar-refractivity contribution in [1.82, 2.24) is 5.32 Å². The molecule has 0 aromatic heterocycles. The number of nitrogens with two attached hydrogens (primary N) is 1. The Bertz CT molecular complexity index is 684. The summed E-state index contributed by atoms with van der Waals surface area (Å²) in [6.45, 7) is 2.46. The summed E-state index contributed by atoms with van der Waals surface area (Å²) in [5.41, 5.74) is 6.78. The van der Waals surface area contributed by atoms with Gasteiger partial charge in [0, 0.05) is 22.8 Å². The Hall–Kier alpha value is -2.47. The minimum Gasteiger partial charge on any atom is -0.484 e. The van der Waals surface area contributed by atoms with Crippen LogP contribution in [0.1, 0.15) is 15.9 Å². The fraction of sp³-hybridized carbons (Fsp3) is 0.222. The van der Waals surface area contributed by atoms with E-state index in [1.807, 2.05) is 0 Å². The molecule has 0 saturated heterocycles. The number of thioether (sulfide) groups is 1. The lowest BCUT2D eigenvalue weighted by Gasteiger charge is -2.07. The first-order chi connectivity index (χ1) is 11.5. The zero-order valence-electron chi connectivity index (χ0n) is 13.5. The van der Waals surface area contributed by atoms with Gasteiger partial charge in [-0.25, -0.2) is 0 Å². The lowest BCUT2D eigenvalue weighted by atomic mass is 10.2. The van der Waals surface area contributed by atoms with Crippen LogP contribution >= 0.6 is 11.8 Å². The quantitative estimate of drug-likeness (QED) is 0.569. The Balaban J connectivity index is 1.73. The van der Waals surface area contributed by atoms with Crippen LogP contribution < -0.4 is 15.8 Å². The number of hydrogen-bond acceptors (Lipinski definition) is 4. The first kappa shape index (κ1) is 17.9. The molecule has 0 atom stereocenters. The number of carbonyl (C=O) groups is 2. The van der Waals surface area contributed by atoms with Gasteiger partial charge in [-0.15, -0.1) is 11.8 Å². The summed E-state index contributed by atoms with van der Waals surface area (Å²) < 4.78 is 5.15. The molecule has 24 heavy (non-hydrogen) atoms. The van der Waals surface area contributed by atoms with Crippen molar-refractivity contribution < 1.29 is 14.3 Å². The van der Waals surface area contributed by atoms with Crippen molar-refractivity contribution in [2.45, 2.75) is 11.8 Å². The molecule has 2 aromatic carbocycles. The summed E-state index contributed by atoms with van der Waals surface area (Å²) >= 11 is 1.70. The first-order valence-corrected chi connectivity index (χ1v) is 8.52. The van der Waals surface area contributed by atoms with Crippen LogP contribution in [0.3, 0.4) is 0 Å². The maximum Gasteiger partial charge on any atom is 0.255 e. The molecule has 0 bridgehead atoms. The van der Waals surface area contributed by atoms with Crippen LogP contribution in [0, 0.1) is 6.92 Å². The Kier molecular flexibility index (Phi) is 6.69. The van der Waals surface area contributed by atoms with Gasteiger partial charge in [-0.05, 0) is 43.3 Å². The predicted molar refractivity (Wildman–Crippen MR) is 95.4 cm³/mol. The van der Waals surface area contributed by atoms with Gasteiger partial charge in [-0.3, -0.25) is 9.59 Å². The zero-order chi connectivity index (χ0) is 17.4. The number of hydrogen-bond donors (Lipinski definition) is 2. The molecule has 6 heteroatoms. The maximum absolute atomic E-state index is 12.0. The molecular formula is C18H20N2O3S. The highest BCUT2D eigenvalue weighted by Crippen LogP contribution is 2.17. The van der Waals surface area contributed by atoms with Gasteiger partial charge in [0.1, 0.15) is 5.75 Å². The van der Waals surface area contributed by atoms with Gasteiger partial charge in [-0.2, -0.15) is 0 Å². The van der Waals surface area contributed by atoms with Crippen LogP contribution in [0.4, 0.5) is 0 Å². The van der Waals surface area contributed by atoms with Crippen LogP contribution in [0.2, 0.25) is 0 Å². The lowest BCUT2D eigenvalue weighted by molar-refractivity contribution is -0.119. The summed E-state index contributed by atoms with van der Waals surface area (Å²) in [5, 5.41) is 2.88. The van der Waals surface area contributed by atoms with Crippen molar-refractivity contribution in [3.05, 3.63) is 59.7 Å². The molecule has 0 spiro atoms. The van der Waals surface area contributed by atoms with E-state index in [4.69, 9.17) is 10.5 Å². The number of nitrogens with one attached hydrogen (secondary N) is 1. The third kappa shape index (κ3) is 5.96. The first-order valence-electron chi connectivity index (χ1n) is 7.53. The molecule has 0 radical (unpaired) electrons. The average Bonchev–Trinajstić information content (AvgIpc) is 2.58. The smallest absolute Gasteiger partial charge is 0.255 e. The van der Waals surface area contributed by atoms with E-state index in [0.717, 1.165) is 5.75 Å². The normalized spacial score (nSPS) is 10.2. The number of primary amides is 1. The number of benzene rings is 2. The highest BCUT2D eigenvalue weighted by Gasteiger charge is 2.05. The monoisotopic (exact) mass is 344 g/mol. The van der Waals surface area contributed by atoms with E-state index in [9.17, 15) is 9.59 Å². The van der Waals surface area contributed by atoms with Crippen molar-refractivity contribution >= 4 is 23.6 Å². The molecule has 2 aromatic rings. The van der Waals surface area contributed by atoms with E-state index in [1.54, 1.807) is 36.0 Å². The van der Waals surface area contributed by atoms with E-state index in [2.05, 4.69) is 36.5 Å². The highest BCUT2D eigenvalue weighted by molar-refractivity contribution is 7.99. The predicted octanol–water partition coefficient (Wildman–Crippen LogP) is 2.38. The Morgan fingerprint density at radius 2 is 1.75 bits per heavy atom. The largest absolute Gasteiger partial charge is 0.484 e. The highest BCUT2D eigenvalue weighted by atomic mass is 32.2. The Labute approximate surface area is 145 Å². The third-order valence-electron chi connectivity index (χ3n) is 3.17. The molecule has 0 unspecified atom stereocenters. The van der Waals surface area contributed by atoms with E-state index >= 15 is 0 Å². The molecule has 0 heterocycles. The van der Waals surface area contributed by atoms with Crippen LogP contribution in [0.15, 0.2) is 53.4 Å². The molecule has 5 nitrogen and oxygen atoms in total. The molecular weight excluding hydrogens is 324 g/mol. The van der Waals surface area contributed by atoms with Gasteiger partial charge in [0.15, 0.2) is 6.61 Å². The number of ether oxygens (including phenoxy) is 1. The average molecular weight is 344 g/mol. The molecule has 0 aliphatic rings. The lowest BCUT2D eigenvalue weighted by Crippen LogP contribution is -2.25. The Morgan fingerprint density at radius 3 is 2.38 bits per heavy atom. The van der Waals surface area contributed by atoms with Crippen LogP contribution in [0.25, 0.3) is 0 Å². The zero-order valence-corrected chi connectivity index (χ0v) is 14.3. The second-order valence-electron chi connectivity index (χ2n) is 5.20.